The average Bonchev–Trinajstić information content (AvgIpc) is 2.95. The molecule has 1 aromatic carbocycles. The van der Waals surface area contributed by atoms with Crippen LogP contribution < -0.4 is 5.73 Å². The Bertz CT molecular complexity index is 340. The Balaban J connectivity index is 2.34. The van der Waals surface area contributed by atoms with E-state index >= 15 is 0 Å². The van der Waals surface area contributed by atoms with Gasteiger partial charge in [-0.15, -0.1) is 0 Å². The maximum Gasteiger partial charge on any atom is 0.143 e. The minimum Gasteiger partial charge on any atom is -0.506 e. The second-order valence-electron chi connectivity index (χ2n) is 3.70. The summed E-state index contributed by atoms with van der Waals surface area (Å²) in [5.74, 6) is 0.857. The first-order valence-electron chi connectivity index (χ1n) is 4.53. The first-order valence-corrected chi connectivity index (χ1v) is 6.11. The zero-order valence-electron chi connectivity index (χ0n) is 7.50. The predicted octanol–water partition coefficient (Wildman–Crippen LogP) is 3.33. The Morgan fingerprint density at radius 2 is 1.79 bits per heavy atom. The van der Waals surface area contributed by atoms with Gasteiger partial charge < -0.3 is 10.8 Å². The van der Waals surface area contributed by atoms with Crippen molar-refractivity contribution in [3.05, 3.63) is 26.6 Å². The molecule has 0 radical (unpaired) electrons. The van der Waals surface area contributed by atoms with Crippen molar-refractivity contribution in [2.75, 3.05) is 0 Å². The van der Waals surface area contributed by atoms with Gasteiger partial charge in [0.2, 0.25) is 0 Å². The molecule has 1 saturated carbocycles. The van der Waals surface area contributed by atoms with Crippen LogP contribution in [0.2, 0.25) is 0 Å². The van der Waals surface area contributed by atoms with Crippen molar-refractivity contribution in [1.82, 2.24) is 0 Å². The normalized spacial score (nSPS) is 18.2. The molecule has 0 saturated heterocycles. The van der Waals surface area contributed by atoms with Crippen LogP contribution >= 0.6 is 31.9 Å². The van der Waals surface area contributed by atoms with Crippen LogP contribution in [0.4, 0.5) is 0 Å². The molecule has 76 valence electrons. The number of phenols is 1. The smallest absolute Gasteiger partial charge is 0.143 e. The minimum absolute atomic E-state index is 0.100. The molecule has 2 nitrogen and oxygen atoms in total. The molecule has 3 N–H and O–H groups in total. The highest BCUT2D eigenvalue weighted by Gasteiger charge is 2.30. The lowest BCUT2D eigenvalue weighted by atomic mass is 10.0. The first kappa shape index (κ1) is 10.5. The molecule has 1 fully saturated rings. The third-order valence-electron chi connectivity index (χ3n) is 2.55. The van der Waals surface area contributed by atoms with E-state index in [2.05, 4.69) is 31.9 Å². The van der Waals surface area contributed by atoms with Gasteiger partial charge in [0, 0.05) is 6.04 Å². The second kappa shape index (κ2) is 3.83. The van der Waals surface area contributed by atoms with Crippen molar-refractivity contribution >= 4 is 31.9 Å². The van der Waals surface area contributed by atoms with E-state index in [1.54, 1.807) is 0 Å². The van der Waals surface area contributed by atoms with Crippen LogP contribution in [0.3, 0.4) is 0 Å². The third kappa shape index (κ3) is 1.97. The third-order valence-corrected chi connectivity index (χ3v) is 3.76. The summed E-state index contributed by atoms with van der Waals surface area (Å²) >= 11 is 6.60. The molecular weight excluding hydrogens is 310 g/mol. The van der Waals surface area contributed by atoms with E-state index in [1.165, 1.54) is 12.8 Å². The number of aromatic hydroxyl groups is 1. The minimum atomic E-state index is 0.100. The summed E-state index contributed by atoms with van der Waals surface area (Å²) in [5.41, 5.74) is 7.14. The molecule has 0 amide bonds. The Morgan fingerprint density at radius 3 is 2.21 bits per heavy atom. The summed E-state index contributed by atoms with van der Waals surface area (Å²) in [6, 6.07) is 3.88. The SMILES string of the molecule is N[C@@H](c1cc(Br)c(O)c(Br)c1)C1CC1. The van der Waals surface area contributed by atoms with E-state index < -0.39 is 0 Å². The summed E-state index contributed by atoms with van der Waals surface area (Å²) < 4.78 is 1.39. The lowest BCUT2D eigenvalue weighted by Gasteiger charge is -2.12. The Hall–Kier alpha value is -0.0600. The highest BCUT2D eigenvalue weighted by Crippen LogP contribution is 2.42. The standard InChI is InChI=1S/C10H11Br2NO/c11-7-3-6(4-8(12)10(7)14)9(13)5-1-2-5/h3-5,9,14H,1-2,13H2/t9-/m1/s1. The Labute approximate surface area is 99.8 Å². The highest BCUT2D eigenvalue weighted by atomic mass is 79.9. The van der Waals surface area contributed by atoms with Crippen molar-refractivity contribution < 1.29 is 5.11 Å². The van der Waals surface area contributed by atoms with Crippen LogP contribution in [0.25, 0.3) is 0 Å². The van der Waals surface area contributed by atoms with Crippen LogP contribution in [-0.4, -0.2) is 5.11 Å². The number of benzene rings is 1. The van der Waals surface area contributed by atoms with Gasteiger partial charge in [0.25, 0.3) is 0 Å². The van der Waals surface area contributed by atoms with Gasteiger partial charge in [-0.05, 0) is 68.3 Å². The molecular formula is C10H11Br2NO. The van der Waals surface area contributed by atoms with Crippen LogP contribution in [0.5, 0.6) is 5.75 Å². The maximum atomic E-state index is 9.53. The molecule has 4 heteroatoms. The fraction of sp³-hybridized carbons (Fsp3) is 0.400. The number of nitrogens with two attached hydrogens (primary N) is 1. The molecule has 14 heavy (non-hydrogen) atoms. The van der Waals surface area contributed by atoms with Crippen LogP contribution in [0, 0.1) is 5.92 Å². The summed E-state index contributed by atoms with van der Waals surface area (Å²) in [7, 11) is 0. The lowest BCUT2D eigenvalue weighted by Crippen LogP contribution is -2.12. The van der Waals surface area contributed by atoms with Gasteiger partial charge in [-0.2, -0.15) is 0 Å². The van der Waals surface area contributed by atoms with E-state index in [1.807, 2.05) is 12.1 Å². The number of hydrogen-bond donors (Lipinski definition) is 2. The molecule has 0 aromatic heterocycles. The van der Waals surface area contributed by atoms with E-state index in [0.717, 1.165) is 5.56 Å². The van der Waals surface area contributed by atoms with Crippen molar-refractivity contribution in [1.29, 1.82) is 0 Å². The van der Waals surface area contributed by atoms with Gasteiger partial charge in [0.15, 0.2) is 0 Å². The maximum absolute atomic E-state index is 9.53. The van der Waals surface area contributed by atoms with Crippen molar-refractivity contribution in [2.45, 2.75) is 18.9 Å². The number of rotatable bonds is 2. The molecule has 0 aliphatic heterocycles. The summed E-state index contributed by atoms with van der Waals surface area (Å²) in [5, 5.41) is 9.53. The largest absolute Gasteiger partial charge is 0.506 e. The Kier molecular flexibility index (Phi) is 2.86. The molecule has 0 bridgehead atoms. The Morgan fingerprint density at radius 1 is 1.29 bits per heavy atom. The molecule has 2 rings (SSSR count). The van der Waals surface area contributed by atoms with Crippen molar-refractivity contribution in [2.24, 2.45) is 11.7 Å². The molecule has 1 atom stereocenters. The monoisotopic (exact) mass is 319 g/mol. The van der Waals surface area contributed by atoms with Crippen LogP contribution in [0.1, 0.15) is 24.4 Å². The molecule has 1 aliphatic carbocycles. The molecule has 0 spiro atoms. The summed E-state index contributed by atoms with van der Waals surface area (Å²) in [6.45, 7) is 0. The quantitative estimate of drug-likeness (QED) is 0.878. The highest BCUT2D eigenvalue weighted by molar-refractivity contribution is 9.11. The van der Waals surface area contributed by atoms with E-state index in [0.29, 0.717) is 14.9 Å². The van der Waals surface area contributed by atoms with Crippen molar-refractivity contribution in [3.8, 4) is 5.75 Å². The van der Waals surface area contributed by atoms with Gasteiger partial charge in [0.1, 0.15) is 5.75 Å². The fourth-order valence-electron chi connectivity index (χ4n) is 1.51. The molecule has 0 unspecified atom stereocenters. The van der Waals surface area contributed by atoms with Crippen LogP contribution in [-0.2, 0) is 0 Å². The molecule has 0 heterocycles. The van der Waals surface area contributed by atoms with Crippen molar-refractivity contribution in [3.63, 3.8) is 0 Å². The molecule has 1 aliphatic rings. The lowest BCUT2D eigenvalue weighted by molar-refractivity contribution is 0.467. The number of phenolic OH excluding ortho intramolecular Hbond substituents is 1. The summed E-state index contributed by atoms with van der Waals surface area (Å²) in [4.78, 5) is 0. The zero-order chi connectivity index (χ0) is 10.3. The first-order chi connectivity index (χ1) is 6.59. The van der Waals surface area contributed by atoms with Gasteiger partial charge in [-0.25, -0.2) is 0 Å². The fourth-order valence-corrected chi connectivity index (χ4v) is 2.73. The summed E-state index contributed by atoms with van der Waals surface area (Å²) in [6.07, 6.45) is 2.44. The van der Waals surface area contributed by atoms with Gasteiger partial charge in [0.05, 0.1) is 8.95 Å². The second-order valence-corrected chi connectivity index (χ2v) is 5.41. The zero-order valence-corrected chi connectivity index (χ0v) is 10.7. The number of halogens is 2. The molecule has 1 aromatic rings. The van der Waals surface area contributed by atoms with Gasteiger partial charge >= 0.3 is 0 Å². The topological polar surface area (TPSA) is 46.2 Å². The van der Waals surface area contributed by atoms with E-state index in [9.17, 15) is 5.11 Å². The van der Waals surface area contributed by atoms with Gasteiger partial charge in [-0.3, -0.25) is 0 Å². The van der Waals surface area contributed by atoms with E-state index in [4.69, 9.17) is 5.73 Å². The van der Waals surface area contributed by atoms with Crippen LogP contribution in [0.15, 0.2) is 21.1 Å². The number of hydrogen-bond acceptors (Lipinski definition) is 2. The van der Waals surface area contributed by atoms with E-state index in [-0.39, 0.29) is 11.8 Å². The average molecular weight is 321 g/mol. The van der Waals surface area contributed by atoms with Gasteiger partial charge in [-0.1, -0.05) is 0 Å². The predicted molar refractivity (Wildman–Crippen MR) is 63.2 cm³/mol.